The number of carbonyl (C=O) groups is 1. The van der Waals surface area contributed by atoms with Crippen LogP contribution in [0.25, 0.3) is 0 Å². The van der Waals surface area contributed by atoms with E-state index in [0.717, 1.165) is 25.8 Å². The smallest absolute Gasteiger partial charge is 0.320 e. The number of hydrogen-bond donors (Lipinski definition) is 2. The number of carboxylic acids is 1. The van der Waals surface area contributed by atoms with Crippen molar-refractivity contribution in [3.8, 4) is 0 Å². The molecule has 0 fully saturated rings. The molecular formula is C12H21N3O2. The monoisotopic (exact) mass is 239 g/mol. The predicted octanol–water partition coefficient (Wildman–Crippen LogP) is 1.51. The van der Waals surface area contributed by atoms with E-state index in [-0.39, 0.29) is 0 Å². The topological polar surface area (TPSA) is 67.2 Å². The van der Waals surface area contributed by atoms with Gasteiger partial charge in [-0.1, -0.05) is 19.8 Å². The maximum atomic E-state index is 10.9. The fourth-order valence-electron chi connectivity index (χ4n) is 1.67. The summed E-state index contributed by atoms with van der Waals surface area (Å²) in [5, 5.41) is 16.2. The fourth-order valence-corrected chi connectivity index (χ4v) is 1.67. The lowest BCUT2D eigenvalue weighted by molar-refractivity contribution is -0.139. The molecule has 1 heterocycles. The summed E-state index contributed by atoms with van der Waals surface area (Å²) in [6, 6.07) is 1.47. The molecule has 1 atom stereocenters. The molecule has 96 valence electrons. The Balaban J connectivity index is 2.16. The van der Waals surface area contributed by atoms with Crippen molar-refractivity contribution in [3.05, 3.63) is 18.5 Å². The lowest BCUT2D eigenvalue weighted by Crippen LogP contribution is -2.37. The molecular weight excluding hydrogens is 218 g/mol. The second kappa shape index (κ2) is 7.84. The van der Waals surface area contributed by atoms with Crippen LogP contribution in [0, 0.1) is 0 Å². The predicted molar refractivity (Wildman–Crippen MR) is 65.8 cm³/mol. The Morgan fingerprint density at radius 3 is 2.94 bits per heavy atom. The molecule has 0 bridgehead atoms. The number of rotatable bonds is 9. The molecule has 0 amide bonds. The van der Waals surface area contributed by atoms with Crippen LogP contribution >= 0.6 is 0 Å². The molecule has 1 aromatic rings. The summed E-state index contributed by atoms with van der Waals surface area (Å²) in [6.45, 7) is 3.59. The zero-order valence-electron chi connectivity index (χ0n) is 10.3. The van der Waals surface area contributed by atoms with Gasteiger partial charge >= 0.3 is 5.97 Å². The first-order valence-corrected chi connectivity index (χ1v) is 6.17. The van der Waals surface area contributed by atoms with Crippen LogP contribution in [0.5, 0.6) is 0 Å². The maximum Gasteiger partial charge on any atom is 0.320 e. The van der Waals surface area contributed by atoms with E-state index in [1.807, 2.05) is 16.9 Å². The Kier molecular flexibility index (Phi) is 6.32. The normalized spacial score (nSPS) is 12.5. The van der Waals surface area contributed by atoms with E-state index in [0.29, 0.717) is 13.0 Å². The Bertz CT molecular complexity index is 312. The number of hydrogen-bond acceptors (Lipinski definition) is 3. The molecule has 1 rings (SSSR count). The van der Waals surface area contributed by atoms with Gasteiger partial charge in [0.05, 0.1) is 0 Å². The third-order valence-electron chi connectivity index (χ3n) is 2.66. The van der Waals surface area contributed by atoms with Gasteiger partial charge in [-0.15, -0.1) is 0 Å². The van der Waals surface area contributed by atoms with E-state index >= 15 is 0 Å². The van der Waals surface area contributed by atoms with Crippen molar-refractivity contribution in [1.82, 2.24) is 15.1 Å². The first-order chi connectivity index (χ1) is 8.24. The summed E-state index contributed by atoms with van der Waals surface area (Å²) in [5.74, 6) is -0.752. The summed E-state index contributed by atoms with van der Waals surface area (Å²) < 4.78 is 1.85. The van der Waals surface area contributed by atoms with Crippen LogP contribution in [-0.4, -0.2) is 33.4 Å². The van der Waals surface area contributed by atoms with E-state index in [1.54, 1.807) is 6.20 Å². The molecule has 17 heavy (non-hydrogen) atoms. The number of nitrogens with zero attached hydrogens (tertiary/aromatic N) is 2. The summed E-state index contributed by atoms with van der Waals surface area (Å²) in [7, 11) is 0. The maximum absolute atomic E-state index is 10.9. The molecule has 1 unspecified atom stereocenters. The minimum absolute atomic E-state index is 0.410. The zero-order valence-corrected chi connectivity index (χ0v) is 10.3. The van der Waals surface area contributed by atoms with Crippen LogP contribution in [0.4, 0.5) is 0 Å². The highest BCUT2D eigenvalue weighted by Crippen LogP contribution is 2.01. The second-order valence-electron chi connectivity index (χ2n) is 4.11. The number of nitrogens with one attached hydrogen (secondary N) is 1. The first kappa shape index (κ1) is 13.7. The van der Waals surface area contributed by atoms with E-state index in [2.05, 4.69) is 17.3 Å². The molecule has 5 heteroatoms. The number of aromatic nitrogens is 2. The molecule has 0 aromatic carbocycles. The number of carboxylic acid groups (broad SMARTS) is 1. The summed E-state index contributed by atoms with van der Waals surface area (Å²) >= 11 is 0. The SMILES string of the molecule is CCCCC(NCCCn1cccn1)C(=O)O. The molecule has 0 aliphatic carbocycles. The van der Waals surface area contributed by atoms with E-state index in [4.69, 9.17) is 5.11 Å². The molecule has 0 spiro atoms. The average Bonchev–Trinajstić information content (AvgIpc) is 2.80. The fraction of sp³-hybridized carbons (Fsp3) is 0.667. The molecule has 5 nitrogen and oxygen atoms in total. The average molecular weight is 239 g/mol. The van der Waals surface area contributed by atoms with Crippen molar-refractivity contribution in [2.75, 3.05) is 6.54 Å². The van der Waals surface area contributed by atoms with Crippen LogP contribution in [0.2, 0.25) is 0 Å². The van der Waals surface area contributed by atoms with Gasteiger partial charge in [0.25, 0.3) is 0 Å². The summed E-state index contributed by atoms with van der Waals surface area (Å²) in [4.78, 5) is 10.9. The highest BCUT2D eigenvalue weighted by atomic mass is 16.4. The Hall–Kier alpha value is -1.36. The first-order valence-electron chi connectivity index (χ1n) is 6.17. The van der Waals surface area contributed by atoms with Crippen LogP contribution < -0.4 is 5.32 Å². The molecule has 0 radical (unpaired) electrons. The summed E-state index contributed by atoms with van der Waals surface area (Å²) in [6.07, 6.45) is 7.22. The Morgan fingerprint density at radius 1 is 1.53 bits per heavy atom. The van der Waals surface area contributed by atoms with Crippen LogP contribution in [0.1, 0.15) is 32.6 Å². The number of unbranched alkanes of at least 4 members (excludes halogenated alkanes) is 1. The van der Waals surface area contributed by atoms with Gasteiger partial charge in [0.1, 0.15) is 6.04 Å². The van der Waals surface area contributed by atoms with Crippen molar-refractivity contribution in [2.45, 2.75) is 45.2 Å². The number of aryl methyl sites for hydroxylation is 1. The summed E-state index contributed by atoms with van der Waals surface area (Å²) in [5.41, 5.74) is 0. The lowest BCUT2D eigenvalue weighted by atomic mass is 10.1. The van der Waals surface area contributed by atoms with Gasteiger partial charge < -0.3 is 10.4 Å². The van der Waals surface area contributed by atoms with Gasteiger partial charge in [0.15, 0.2) is 0 Å². The van der Waals surface area contributed by atoms with Gasteiger partial charge in [-0.25, -0.2) is 0 Å². The van der Waals surface area contributed by atoms with Crippen molar-refractivity contribution in [1.29, 1.82) is 0 Å². The van der Waals surface area contributed by atoms with E-state index in [1.165, 1.54) is 0 Å². The highest BCUT2D eigenvalue weighted by Gasteiger charge is 2.14. The van der Waals surface area contributed by atoms with Crippen LogP contribution in [0.3, 0.4) is 0 Å². The Labute approximate surface area is 102 Å². The Morgan fingerprint density at radius 2 is 2.35 bits per heavy atom. The molecule has 0 aliphatic rings. The molecule has 0 saturated heterocycles. The van der Waals surface area contributed by atoms with Crippen LogP contribution in [0.15, 0.2) is 18.5 Å². The van der Waals surface area contributed by atoms with Gasteiger partial charge in [-0.2, -0.15) is 5.10 Å². The molecule has 0 saturated carbocycles. The van der Waals surface area contributed by atoms with Crippen molar-refractivity contribution < 1.29 is 9.90 Å². The van der Waals surface area contributed by atoms with Crippen molar-refractivity contribution >= 4 is 5.97 Å². The highest BCUT2D eigenvalue weighted by molar-refractivity contribution is 5.73. The quantitative estimate of drug-likeness (QED) is 0.641. The second-order valence-corrected chi connectivity index (χ2v) is 4.11. The van der Waals surface area contributed by atoms with Crippen molar-refractivity contribution in [2.24, 2.45) is 0 Å². The third kappa shape index (κ3) is 5.49. The van der Waals surface area contributed by atoms with Crippen LogP contribution in [-0.2, 0) is 11.3 Å². The molecule has 1 aromatic heterocycles. The van der Waals surface area contributed by atoms with E-state index < -0.39 is 12.0 Å². The van der Waals surface area contributed by atoms with Gasteiger partial charge in [0.2, 0.25) is 0 Å². The zero-order chi connectivity index (χ0) is 12.5. The van der Waals surface area contributed by atoms with Crippen molar-refractivity contribution in [3.63, 3.8) is 0 Å². The molecule has 2 N–H and O–H groups in total. The van der Waals surface area contributed by atoms with Gasteiger partial charge in [-0.05, 0) is 25.5 Å². The minimum Gasteiger partial charge on any atom is -0.480 e. The number of aliphatic carboxylic acids is 1. The third-order valence-corrected chi connectivity index (χ3v) is 2.66. The van der Waals surface area contributed by atoms with Gasteiger partial charge in [0, 0.05) is 18.9 Å². The largest absolute Gasteiger partial charge is 0.480 e. The minimum atomic E-state index is -0.752. The standard InChI is InChI=1S/C12H21N3O2/c1-2-3-6-11(12(16)17)13-7-4-9-15-10-5-8-14-15/h5,8,10-11,13H,2-4,6-7,9H2,1H3,(H,16,17). The van der Waals surface area contributed by atoms with E-state index in [9.17, 15) is 4.79 Å². The molecule has 0 aliphatic heterocycles. The lowest BCUT2D eigenvalue weighted by Gasteiger charge is -2.13. The van der Waals surface area contributed by atoms with Gasteiger partial charge in [-0.3, -0.25) is 9.48 Å².